The standard InChI is InChI=1S/C11H21N5O/c1-6-9-8(7-14-11(12-2)13-3)10(17-5)16(4)15-9/h6-7H2,1-5H3,(H2,12,13,14). The highest BCUT2D eigenvalue weighted by Crippen LogP contribution is 2.21. The van der Waals surface area contributed by atoms with Crippen molar-refractivity contribution < 1.29 is 4.74 Å². The molecule has 0 fully saturated rings. The van der Waals surface area contributed by atoms with Gasteiger partial charge in [0.15, 0.2) is 5.96 Å². The van der Waals surface area contributed by atoms with Gasteiger partial charge in [-0.1, -0.05) is 6.92 Å². The third-order valence-electron chi connectivity index (χ3n) is 2.59. The summed E-state index contributed by atoms with van der Waals surface area (Å²) >= 11 is 0. The minimum absolute atomic E-state index is 0.647. The zero-order valence-corrected chi connectivity index (χ0v) is 11.2. The summed E-state index contributed by atoms with van der Waals surface area (Å²) in [6.45, 7) is 2.73. The summed E-state index contributed by atoms with van der Waals surface area (Å²) in [6, 6.07) is 0. The number of aryl methyl sites for hydroxylation is 2. The van der Waals surface area contributed by atoms with Gasteiger partial charge in [0.05, 0.1) is 24.9 Å². The van der Waals surface area contributed by atoms with E-state index >= 15 is 0 Å². The number of hydrogen-bond acceptors (Lipinski definition) is 3. The Bertz CT molecular complexity index is 397. The van der Waals surface area contributed by atoms with Crippen LogP contribution in [0, 0.1) is 0 Å². The van der Waals surface area contributed by atoms with E-state index in [1.807, 2.05) is 14.1 Å². The highest BCUT2D eigenvalue weighted by Gasteiger charge is 2.15. The Morgan fingerprint density at radius 2 is 2.24 bits per heavy atom. The smallest absolute Gasteiger partial charge is 0.216 e. The van der Waals surface area contributed by atoms with Gasteiger partial charge in [-0.25, -0.2) is 4.68 Å². The number of rotatable bonds is 4. The Morgan fingerprint density at radius 1 is 1.53 bits per heavy atom. The summed E-state index contributed by atoms with van der Waals surface area (Å²) in [5, 5.41) is 10.6. The van der Waals surface area contributed by atoms with Gasteiger partial charge in [0, 0.05) is 21.1 Å². The van der Waals surface area contributed by atoms with E-state index < -0.39 is 0 Å². The van der Waals surface area contributed by atoms with E-state index in [4.69, 9.17) is 4.74 Å². The Kier molecular flexibility index (Phi) is 4.81. The lowest BCUT2D eigenvalue weighted by Crippen LogP contribution is -2.34. The van der Waals surface area contributed by atoms with Crippen LogP contribution in [0.25, 0.3) is 0 Å². The third-order valence-corrected chi connectivity index (χ3v) is 2.59. The van der Waals surface area contributed by atoms with Crippen molar-refractivity contribution in [2.75, 3.05) is 21.2 Å². The van der Waals surface area contributed by atoms with Crippen LogP contribution >= 0.6 is 0 Å². The third kappa shape index (κ3) is 2.89. The second kappa shape index (κ2) is 6.12. The molecule has 1 aromatic rings. The van der Waals surface area contributed by atoms with Crippen molar-refractivity contribution in [3.63, 3.8) is 0 Å². The molecule has 0 aliphatic heterocycles. The molecule has 96 valence electrons. The van der Waals surface area contributed by atoms with Gasteiger partial charge in [0.1, 0.15) is 0 Å². The molecule has 0 radical (unpaired) electrons. The van der Waals surface area contributed by atoms with Gasteiger partial charge in [-0.2, -0.15) is 5.10 Å². The number of aliphatic imine (C=N–C) groups is 1. The van der Waals surface area contributed by atoms with Crippen molar-refractivity contribution in [3.8, 4) is 5.88 Å². The van der Waals surface area contributed by atoms with Crippen molar-refractivity contribution in [2.24, 2.45) is 12.0 Å². The largest absolute Gasteiger partial charge is 0.481 e. The zero-order chi connectivity index (χ0) is 12.8. The van der Waals surface area contributed by atoms with E-state index in [0.29, 0.717) is 6.54 Å². The van der Waals surface area contributed by atoms with Gasteiger partial charge in [0.25, 0.3) is 0 Å². The molecule has 0 spiro atoms. The molecule has 1 rings (SSSR count). The van der Waals surface area contributed by atoms with E-state index in [9.17, 15) is 0 Å². The van der Waals surface area contributed by atoms with Crippen molar-refractivity contribution in [1.29, 1.82) is 0 Å². The first-order valence-electron chi connectivity index (χ1n) is 5.65. The van der Waals surface area contributed by atoms with Gasteiger partial charge in [-0.05, 0) is 6.42 Å². The number of ether oxygens (including phenoxy) is 1. The molecule has 0 aliphatic rings. The fourth-order valence-corrected chi connectivity index (χ4v) is 1.77. The molecule has 6 heteroatoms. The summed E-state index contributed by atoms with van der Waals surface area (Å²) in [5.74, 6) is 1.54. The molecule has 0 amide bonds. The number of methoxy groups -OCH3 is 1. The summed E-state index contributed by atoms with van der Waals surface area (Å²) < 4.78 is 7.12. The molecule has 0 saturated carbocycles. The predicted octanol–water partition coefficient (Wildman–Crippen LogP) is 0.286. The van der Waals surface area contributed by atoms with Crippen molar-refractivity contribution in [1.82, 2.24) is 20.4 Å². The average Bonchev–Trinajstić information content (AvgIpc) is 2.66. The van der Waals surface area contributed by atoms with Gasteiger partial charge in [0.2, 0.25) is 5.88 Å². The lowest BCUT2D eigenvalue weighted by Gasteiger charge is -2.09. The summed E-state index contributed by atoms with van der Waals surface area (Å²) in [5.41, 5.74) is 2.12. The van der Waals surface area contributed by atoms with E-state index in [0.717, 1.165) is 29.5 Å². The average molecular weight is 239 g/mol. The van der Waals surface area contributed by atoms with E-state index in [-0.39, 0.29) is 0 Å². The van der Waals surface area contributed by atoms with Crippen LogP contribution in [0.2, 0.25) is 0 Å². The van der Waals surface area contributed by atoms with Crippen LogP contribution in [-0.2, 0) is 20.0 Å². The second-order valence-electron chi connectivity index (χ2n) is 3.59. The van der Waals surface area contributed by atoms with Crippen molar-refractivity contribution >= 4 is 5.96 Å². The Balaban J connectivity index is 2.88. The van der Waals surface area contributed by atoms with E-state index in [1.54, 1.807) is 18.8 Å². The maximum absolute atomic E-state index is 5.36. The predicted molar refractivity (Wildman–Crippen MR) is 68.4 cm³/mol. The highest BCUT2D eigenvalue weighted by atomic mass is 16.5. The molecule has 0 saturated heterocycles. The molecule has 0 aromatic carbocycles. The first-order chi connectivity index (χ1) is 8.17. The van der Waals surface area contributed by atoms with Crippen LogP contribution in [0.3, 0.4) is 0 Å². The molecule has 6 nitrogen and oxygen atoms in total. The molecule has 0 bridgehead atoms. The lowest BCUT2D eigenvalue weighted by molar-refractivity contribution is 0.369. The molecule has 0 aliphatic carbocycles. The molecule has 1 aromatic heterocycles. The molecule has 0 atom stereocenters. The molecule has 2 N–H and O–H groups in total. The van der Waals surface area contributed by atoms with Crippen molar-refractivity contribution in [3.05, 3.63) is 11.3 Å². The fraction of sp³-hybridized carbons (Fsp3) is 0.636. The monoisotopic (exact) mass is 239 g/mol. The maximum atomic E-state index is 5.36. The lowest BCUT2D eigenvalue weighted by atomic mass is 10.2. The molecule has 17 heavy (non-hydrogen) atoms. The number of nitrogens with zero attached hydrogens (tertiary/aromatic N) is 3. The first kappa shape index (κ1) is 13.3. The summed E-state index contributed by atoms with van der Waals surface area (Å²) in [4.78, 5) is 4.07. The first-order valence-corrected chi connectivity index (χ1v) is 5.65. The number of hydrogen-bond donors (Lipinski definition) is 2. The van der Waals surface area contributed by atoms with Gasteiger partial charge in [-0.15, -0.1) is 0 Å². The van der Waals surface area contributed by atoms with Crippen LogP contribution in [0.5, 0.6) is 5.88 Å². The van der Waals surface area contributed by atoms with Gasteiger partial charge >= 0.3 is 0 Å². The Labute approximate surface area is 102 Å². The Hall–Kier alpha value is -1.72. The fourth-order valence-electron chi connectivity index (χ4n) is 1.77. The quantitative estimate of drug-likeness (QED) is 0.585. The normalized spacial score (nSPS) is 11.5. The molecular formula is C11H21N5O. The van der Waals surface area contributed by atoms with E-state index in [1.165, 1.54) is 0 Å². The van der Waals surface area contributed by atoms with Crippen LogP contribution in [0.1, 0.15) is 18.2 Å². The van der Waals surface area contributed by atoms with Crippen molar-refractivity contribution in [2.45, 2.75) is 19.9 Å². The summed E-state index contributed by atoms with van der Waals surface area (Å²) in [6.07, 6.45) is 0.881. The maximum Gasteiger partial charge on any atom is 0.216 e. The minimum atomic E-state index is 0.647. The highest BCUT2D eigenvalue weighted by molar-refractivity contribution is 5.79. The SMILES string of the molecule is CCc1nn(C)c(OC)c1CNC(=NC)NC. The van der Waals surface area contributed by atoms with Gasteiger partial charge in [-0.3, -0.25) is 4.99 Å². The van der Waals surface area contributed by atoms with E-state index in [2.05, 4.69) is 27.6 Å². The van der Waals surface area contributed by atoms with Crippen LogP contribution in [-0.4, -0.2) is 36.9 Å². The molecular weight excluding hydrogens is 218 g/mol. The molecule has 1 heterocycles. The van der Waals surface area contributed by atoms with Crippen LogP contribution in [0.4, 0.5) is 0 Å². The van der Waals surface area contributed by atoms with Crippen LogP contribution < -0.4 is 15.4 Å². The topological polar surface area (TPSA) is 63.5 Å². The number of nitrogens with one attached hydrogen (secondary N) is 2. The number of guanidine groups is 1. The molecule has 0 unspecified atom stereocenters. The second-order valence-corrected chi connectivity index (χ2v) is 3.59. The van der Waals surface area contributed by atoms with Gasteiger partial charge < -0.3 is 15.4 Å². The zero-order valence-electron chi connectivity index (χ0n) is 11.2. The minimum Gasteiger partial charge on any atom is -0.481 e. The van der Waals surface area contributed by atoms with Crippen LogP contribution in [0.15, 0.2) is 4.99 Å². The Morgan fingerprint density at radius 3 is 2.71 bits per heavy atom. The number of aromatic nitrogens is 2. The summed E-state index contributed by atoms with van der Waals surface area (Å²) in [7, 11) is 7.11.